The Morgan fingerprint density at radius 2 is 2.00 bits per heavy atom. The van der Waals surface area contributed by atoms with Gasteiger partial charge in [-0.05, 0) is 23.8 Å². The number of primary amides is 1. The average Bonchev–Trinajstić information content (AvgIpc) is 2.63. The first-order valence-electron chi connectivity index (χ1n) is 8.12. The molecule has 1 saturated heterocycles. The molecular formula is C18H20FN3O3. The van der Waals surface area contributed by atoms with E-state index < -0.39 is 5.91 Å². The molecule has 2 aromatic rings. The summed E-state index contributed by atoms with van der Waals surface area (Å²) in [4.78, 5) is 17.7. The van der Waals surface area contributed by atoms with Crippen LogP contribution < -0.4 is 10.5 Å². The molecule has 3 rings (SSSR count). The molecule has 0 bridgehead atoms. The minimum absolute atomic E-state index is 0.139. The maximum absolute atomic E-state index is 13.2. The SMILES string of the molecule is NC(=O)c1cc(-c2ccc(F)cc2)c(OCCN2CCOCC2)cn1. The van der Waals surface area contributed by atoms with Crippen LogP contribution in [0.5, 0.6) is 5.75 Å². The van der Waals surface area contributed by atoms with Crippen molar-refractivity contribution < 1.29 is 18.7 Å². The van der Waals surface area contributed by atoms with E-state index in [9.17, 15) is 9.18 Å². The molecule has 1 aromatic heterocycles. The quantitative estimate of drug-likeness (QED) is 0.862. The fourth-order valence-corrected chi connectivity index (χ4v) is 2.66. The van der Waals surface area contributed by atoms with Crippen molar-refractivity contribution in [2.24, 2.45) is 5.73 Å². The lowest BCUT2D eigenvalue weighted by molar-refractivity contribution is 0.0322. The molecule has 0 atom stereocenters. The second-order valence-electron chi connectivity index (χ2n) is 5.74. The number of hydrogen-bond donors (Lipinski definition) is 1. The van der Waals surface area contributed by atoms with E-state index in [1.54, 1.807) is 18.2 Å². The Morgan fingerprint density at radius 3 is 2.68 bits per heavy atom. The summed E-state index contributed by atoms with van der Waals surface area (Å²) in [5, 5.41) is 0. The number of benzene rings is 1. The van der Waals surface area contributed by atoms with Gasteiger partial charge in [0.1, 0.15) is 23.9 Å². The van der Waals surface area contributed by atoms with Gasteiger partial charge >= 0.3 is 0 Å². The lowest BCUT2D eigenvalue weighted by atomic mass is 10.0. The Hall–Kier alpha value is -2.51. The summed E-state index contributed by atoms with van der Waals surface area (Å²) < 4.78 is 24.4. The number of carbonyl (C=O) groups excluding carboxylic acids is 1. The van der Waals surface area contributed by atoms with E-state index in [1.165, 1.54) is 18.3 Å². The molecule has 6 nitrogen and oxygen atoms in total. The van der Waals surface area contributed by atoms with Gasteiger partial charge in [-0.3, -0.25) is 9.69 Å². The zero-order valence-corrected chi connectivity index (χ0v) is 13.8. The number of ether oxygens (including phenoxy) is 2. The van der Waals surface area contributed by atoms with Crippen LogP contribution in [0.25, 0.3) is 11.1 Å². The van der Waals surface area contributed by atoms with Gasteiger partial charge in [0.05, 0.1) is 19.4 Å². The fraction of sp³-hybridized carbons (Fsp3) is 0.333. The summed E-state index contributed by atoms with van der Waals surface area (Å²) in [5.74, 6) is -0.421. The van der Waals surface area contributed by atoms with Crippen molar-refractivity contribution in [1.82, 2.24) is 9.88 Å². The first kappa shape index (κ1) is 17.3. The standard InChI is InChI=1S/C18H20FN3O3/c19-14-3-1-13(2-4-14)15-11-16(18(20)23)21-12-17(15)25-10-7-22-5-8-24-9-6-22/h1-4,11-12H,5-10H2,(H2,20,23). The maximum atomic E-state index is 13.2. The predicted molar refractivity (Wildman–Crippen MR) is 90.9 cm³/mol. The molecule has 2 heterocycles. The molecule has 1 amide bonds. The van der Waals surface area contributed by atoms with Crippen molar-refractivity contribution in [2.75, 3.05) is 39.5 Å². The number of nitrogens with zero attached hydrogens (tertiary/aromatic N) is 2. The van der Waals surface area contributed by atoms with Crippen LogP contribution in [0.2, 0.25) is 0 Å². The summed E-state index contributed by atoms with van der Waals surface area (Å²) in [6.45, 7) is 4.47. The maximum Gasteiger partial charge on any atom is 0.267 e. The average molecular weight is 345 g/mol. The molecule has 0 spiro atoms. The number of amides is 1. The van der Waals surface area contributed by atoms with Gasteiger partial charge in [-0.15, -0.1) is 0 Å². The van der Waals surface area contributed by atoms with Gasteiger partial charge < -0.3 is 15.2 Å². The van der Waals surface area contributed by atoms with Crippen molar-refractivity contribution in [3.05, 3.63) is 48.0 Å². The Kier molecular flexibility index (Phi) is 5.57. The van der Waals surface area contributed by atoms with E-state index in [1.807, 2.05) is 0 Å². The normalized spacial score (nSPS) is 15.1. The molecule has 1 aliphatic heterocycles. The van der Waals surface area contributed by atoms with Crippen molar-refractivity contribution in [3.8, 4) is 16.9 Å². The molecule has 1 fully saturated rings. The molecule has 1 aliphatic rings. The Labute approximate surface area is 145 Å². The first-order chi connectivity index (χ1) is 12.1. The zero-order valence-electron chi connectivity index (χ0n) is 13.8. The smallest absolute Gasteiger partial charge is 0.267 e. The molecule has 0 radical (unpaired) electrons. The number of halogens is 1. The number of rotatable bonds is 6. The van der Waals surface area contributed by atoms with E-state index in [0.29, 0.717) is 17.9 Å². The number of pyridine rings is 1. The summed E-state index contributed by atoms with van der Waals surface area (Å²) in [6, 6.07) is 7.54. The van der Waals surface area contributed by atoms with Gasteiger partial charge in [-0.1, -0.05) is 12.1 Å². The van der Waals surface area contributed by atoms with Crippen LogP contribution >= 0.6 is 0 Å². The highest BCUT2D eigenvalue weighted by molar-refractivity contribution is 5.92. The summed E-state index contributed by atoms with van der Waals surface area (Å²) in [7, 11) is 0. The van der Waals surface area contributed by atoms with Crippen LogP contribution in [0.1, 0.15) is 10.5 Å². The van der Waals surface area contributed by atoms with Gasteiger partial charge in [0, 0.05) is 25.2 Å². The van der Waals surface area contributed by atoms with Crippen LogP contribution in [-0.4, -0.2) is 55.2 Å². The topological polar surface area (TPSA) is 77.7 Å². The Balaban J connectivity index is 1.77. The van der Waals surface area contributed by atoms with E-state index >= 15 is 0 Å². The molecule has 2 N–H and O–H groups in total. The molecule has 132 valence electrons. The van der Waals surface area contributed by atoms with Crippen LogP contribution in [0.3, 0.4) is 0 Å². The highest BCUT2D eigenvalue weighted by Crippen LogP contribution is 2.30. The number of aromatic nitrogens is 1. The second kappa shape index (κ2) is 8.04. The Morgan fingerprint density at radius 1 is 1.28 bits per heavy atom. The first-order valence-corrected chi connectivity index (χ1v) is 8.12. The molecule has 0 aliphatic carbocycles. The fourth-order valence-electron chi connectivity index (χ4n) is 2.66. The molecule has 1 aromatic carbocycles. The highest BCUT2D eigenvalue weighted by Gasteiger charge is 2.14. The molecule has 25 heavy (non-hydrogen) atoms. The van der Waals surface area contributed by atoms with Gasteiger partial charge in [0.25, 0.3) is 5.91 Å². The molecule has 0 saturated carbocycles. The van der Waals surface area contributed by atoms with Crippen LogP contribution in [-0.2, 0) is 4.74 Å². The van der Waals surface area contributed by atoms with Gasteiger partial charge in [0.15, 0.2) is 0 Å². The van der Waals surface area contributed by atoms with E-state index in [4.69, 9.17) is 15.2 Å². The third-order valence-electron chi connectivity index (χ3n) is 4.04. The monoisotopic (exact) mass is 345 g/mol. The summed E-state index contributed by atoms with van der Waals surface area (Å²) in [6.07, 6.45) is 1.48. The van der Waals surface area contributed by atoms with E-state index in [2.05, 4.69) is 9.88 Å². The van der Waals surface area contributed by atoms with Gasteiger partial charge in [-0.2, -0.15) is 0 Å². The van der Waals surface area contributed by atoms with Crippen molar-refractivity contribution in [1.29, 1.82) is 0 Å². The van der Waals surface area contributed by atoms with Gasteiger partial charge in [-0.25, -0.2) is 9.37 Å². The predicted octanol–water partition coefficient (Wildman–Crippen LogP) is 1.70. The third-order valence-corrected chi connectivity index (χ3v) is 4.04. The van der Waals surface area contributed by atoms with Gasteiger partial charge in [0.2, 0.25) is 0 Å². The zero-order chi connectivity index (χ0) is 17.6. The van der Waals surface area contributed by atoms with Crippen molar-refractivity contribution in [3.63, 3.8) is 0 Å². The largest absolute Gasteiger partial charge is 0.490 e. The third kappa shape index (κ3) is 4.52. The van der Waals surface area contributed by atoms with E-state index in [0.717, 1.165) is 38.4 Å². The van der Waals surface area contributed by atoms with Crippen molar-refractivity contribution in [2.45, 2.75) is 0 Å². The lowest BCUT2D eigenvalue weighted by Gasteiger charge is -2.26. The number of morpholine rings is 1. The summed E-state index contributed by atoms with van der Waals surface area (Å²) >= 11 is 0. The van der Waals surface area contributed by atoms with Crippen molar-refractivity contribution >= 4 is 5.91 Å². The van der Waals surface area contributed by atoms with Crippen LogP contribution in [0.4, 0.5) is 4.39 Å². The highest BCUT2D eigenvalue weighted by atomic mass is 19.1. The molecular weight excluding hydrogens is 325 g/mol. The minimum Gasteiger partial charge on any atom is -0.490 e. The second-order valence-corrected chi connectivity index (χ2v) is 5.74. The van der Waals surface area contributed by atoms with E-state index in [-0.39, 0.29) is 11.5 Å². The number of nitrogens with two attached hydrogens (primary N) is 1. The summed E-state index contributed by atoms with van der Waals surface area (Å²) in [5.41, 5.74) is 6.84. The lowest BCUT2D eigenvalue weighted by Crippen LogP contribution is -2.38. The molecule has 7 heteroatoms. The number of hydrogen-bond acceptors (Lipinski definition) is 5. The molecule has 0 unspecified atom stereocenters. The Bertz CT molecular complexity index is 731. The minimum atomic E-state index is -0.622. The number of carbonyl (C=O) groups is 1. The van der Waals surface area contributed by atoms with Crippen LogP contribution in [0.15, 0.2) is 36.5 Å². The van der Waals surface area contributed by atoms with Crippen LogP contribution in [0, 0.1) is 5.82 Å².